The van der Waals surface area contributed by atoms with Gasteiger partial charge in [0.25, 0.3) is 0 Å². The van der Waals surface area contributed by atoms with Gasteiger partial charge in [0.05, 0.1) is 7.11 Å². The molecule has 1 saturated carbocycles. The van der Waals surface area contributed by atoms with Crippen LogP contribution in [-0.4, -0.2) is 29.2 Å². The molecule has 0 aliphatic heterocycles. The molecule has 112 valence electrons. The number of hydrogen-bond donors (Lipinski definition) is 1. The maximum absolute atomic E-state index is 5.29. The van der Waals surface area contributed by atoms with Crippen LogP contribution in [0.25, 0.3) is 0 Å². The molecule has 0 bridgehead atoms. The number of nitrogens with one attached hydrogen (secondary N) is 1. The molecule has 1 aromatic heterocycles. The molecule has 0 unspecified atom stereocenters. The van der Waals surface area contributed by atoms with Crippen LogP contribution in [0.5, 0.6) is 5.75 Å². The van der Waals surface area contributed by atoms with Gasteiger partial charge in [0.1, 0.15) is 11.6 Å². The van der Waals surface area contributed by atoms with Crippen molar-refractivity contribution in [1.29, 1.82) is 0 Å². The maximum atomic E-state index is 5.29. The average Bonchev–Trinajstić information content (AvgIpc) is 2.87. The van der Waals surface area contributed by atoms with E-state index >= 15 is 0 Å². The Hall–Kier alpha value is -1.81. The van der Waals surface area contributed by atoms with Gasteiger partial charge < -0.3 is 14.6 Å². The molecule has 1 fully saturated rings. The number of rotatable bonds is 6. The van der Waals surface area contributed by atoms with Crippen LogP contribution in [-0.2, 0) is 13.5 Å². The molecular formula is C17H23N3O. The van der Waals surface area contributed by atoms with Gasteiger partial charge in [0, 0.05) is 38.4 Å². The second-order valence-corrected chi connectivity index (χ2v) is 5.80. The number of ether oxygens (including phenoxy) is 1. The third-order valence-corrected chi connectivity index (χ3v) is 4.41. The number of hydrogen-bond acceptors (Lipinski definition) is 3. The van der Waals surface area contributed by atoms with Crippen molar-refractivity contribution >= 4 is 0 Å². The van der Waals surface area contributed by atoms with Gasteiger partial charge in [0.2, 0.25) is 0 Å². The first kappa shape index (κ1) is 14.1. The van der Waals surface area contributed by atoms with Gasteiger partial charge in [-0.3, -0.25) is 0 Å². The lowest BCUT2D eigenvalue weighted by atomic mass is 9.76. The van der Waals surface area contributed by atoms with E-state index in [1.807, 2.05) is 25.5 Å². The van der Waals surface area contributed by atoms with Crippen molar-refractivity contribution in [3.8, 4) is 5.75 Å². The topological polar surface area (TPSA) is 39.1 Å². The average molecular weight is 285 g/mol. The lowest BCUT2D eigenvalue weighted by Gasteiger charge is -2.36. The standard InChI is InChI=1S/C17H23N3O/c1-20-9-8-19-17(20)6-7-18-15-10-14(11-15)13-4-3-5-16(12-13)21-2/h3-5,8-9,12,14-15,18H,6-7,10-11H2,1-2H3. The molecule has 0 spiro atoms. The molecule has 3 rings (SSSR count). The zero-order valence-electron chi connectivity index (χ0n) is 12.7. The first-order chi connectivity index (χ1) is 10.3. The van der Waals surface area contributed by atoms with Gasteiger partial charge in [-0.15, -0.1) is 0 Å². The van der Waals surface area contributed by atoms with Crippen molar-refractivity contribution in [2.75, 3.05) is 13.7 Å². The lowest BCUT2D eigenvalue weighted by molar-refractivity contribution is 0.291. The summed E-state index contributed by atoms with van der Waals surface area (Å²) in [6.07, 6.45) is 7.28. The summed E-state index contributed by atoms with van der Waals surface area (Å²) in [6.45, 7) is 1.00. The van der Waals surface area contributed by atoms with Crippen LogP contribution in [0, 0.1) is 0 Å². The normalized spacial score (nSPS) is 21.0. The Morgan fingerprint density at radius 2 is 2.24 bits per heavy atom. The molecule has 1 aromatic carbocycles. The highest BCUT2D eigenvalue weighted by Crippen LogP contribution is 2.37. The Balaban J connectivity index is 1.42. The van der Waals surface area contributed by atoms with Crippen molar-refractivity contribution in [3.05, 3.63) is 48.0 Å². The molecule has 1 N–H and O–H groups in total. The maximum Gasteiger partial charge on any atom is 0.119 e. The molecule has 21 heavy (non-hydrogen) atoms. The summed E-state index contributed by atoms with van der Waals surface area (Å²) >= 11 is 0. The highest BCUT2D eigenvalue weighted by molar-refractivity contribution is 5.32. The second kappa shape index (κ2) is 6.31. The predicted octanol–water partition coefficient (Wildman–Crippen LogP) is 2.51. The minimum Gasteiger partial charge on any atom is -0.497 e. The van der Waals surface area contributed by atoms with E-state index in [1.54, 1.807) is 7.11 Å². The van der Waals surface area contributed by atoms with Crippen molar-refractivity contribution in [2.24, 2.45) is 7.05 Å². The second-order valence-electron chi connectivity index (χ2n) is 5.80. The Labute approximate surface area is 126 Å². The van der Waals surface area contributed by atoms with E-state index in [-0.39, 0.29) is 0 Å². The fourth-order valence-electron chi connectivity index (χ4n) is 2.98. The van der Waals surface area contributed by atoms with E-state index in [1.165, 1.54) is 18.4 Å². The van der Waals surface area contributed by atoms with Gasteiger partial charge >= 0.3 is 0 Å². The largest absolute Gasteiger partial charge is 0.497 e. The molecule has 1 heterocycles. The Bertz CT molecular complexity index is 587. The molecule has 2 aromatic rings. The summed E-state index contributed by atoms with van der Waals surface area (Å²) in [6, 6.07) is 9.09. The lowest BCUT2D eigenvalue weighted by Crippen LogP contribution is -2.41. The van der Waals surface area contributed by atoms with Crippen LogP contribution in [0.15, 0.2) is 36.7 Å². The summed E-state index contributed by atoms with van der Waals surface area (Å²) in [5.74, 6) is 2.77. The molecule has 1 aliphatic carbocycles. The fourth-order valence-corrected chi connectivity index (χ4v) is 2.98. The molecule has 4 heteroatoms. The van der Waals surface area contributed by atoms with E-state index in [4.69, 9.17) is 4.74 Å². The van der Waals surface area contributed by atoms with Crippen molar-refractivity contribution in [2.45, 2.75) is 31.2 Å². The number of imidazole rings is 1. The first-order valence-electron chi connectivity index (χ1n) is 7.60. The van der Waals surface area contributed by atoms with Crippen molar-refractivity contribution < 1.29 is 4.74 Å². The molecule has 4 nitrogen and oxygen atoms in total. The van der Waals surface area contributed by atoms with E-state index in [0.29, 0.717) is 12.0 Å². The molecule has 0 radical (unpaired) electrons. The van der Waals surface area contributed by atoms with Gasteiger partial charge in [-0.2, -0.15) is 0 Å². The van der Waals surface area contributed by atoms with E-state index in [2.05, 4.69) is 33.1 Å². The molecule has 0 atom stereocenters. The van der Waals surface area contributed by atoms with Crippen LogP contribution in [0.2, 0.25) is 0 Å². The van der Waals surface area contributed by atoms with E-state index in [0.717, 1.165) is 24.5 Å². The van der Waals surface area contributed by atoms with Gasteiger partial charge in [-0.25, -0.2) is 4.98 Å². The third-order valence-electron chi connectivity index (χ3n) is 4.41. The van der Waals surface area contributed by atoms with Crippen LogP contribution in [0.1, 0.15) is 30.1 Å². The monoisotopic (exact) mass is 285 g/mol. The minimum atomic E-state index is 0.640. The van der Waals surface area contributed by atoms with Gasteiger partial charge in [-0.1, -0.05) is 12.1 Å². The van der Waals surface area contributed by atoms with Gasteiger partial charge in [-0.05, 0) is 36.5 Å². The highest BCUT2D eigenvalue weighted by atomic mass is 16.5. The third kappa shape index (κ3) is 3.27. The van der Waals surface area contributed by atoms with Crippen LogP contribution < -0.4 is 10.1 Å². The molecule has 0 amide bonds. The fraction of sp³-hybridized carbons (Fsp3) is 0.471. The number of nitrogens with zero attached hydrogens (tertiary/aromatic N) is 2. The first-order valence-corrected chi connectivity index (χ1v) is 7.60. The van der Waals surface area contributed by atoms with E-state index < -0.39 is 0 Å². The van der Waals surface area contributed by atoms with Crippen LogP contribution >= 0.6 is 0 Å². The number of methoxy groups -OCH3 is 1. The quantitative estimate of drug-likeness (QED) is 0.886. The number of aryl methyl sites for hydroxylation is 1. The highest BCUT2D eigenvalue weighted by Gasteiger charge is 2.29. The number of aromatic nitrogens is 2. The Morgan fingerprint density at radius 3 is 2.95 bits per heavy atom. The summed E-state index contributed by atoms with van der Waals surface area (Å²) in [4.78, 5) is 4.35. The van der Waals surface area contributed by atoms with E-state index in [9.17, 15) is 0 Å². The van der Waals surface area contributed by atoms with Crippen LogP contribution in [0.4, 0.5) is 0 Å². The van der Waals surface area contributed by atoms with Crippen LogP contribution in [0.3, 0.4) is 0 Å². The Kier molecular flexibility index (Phi) is 4.25. The number of benzene rings is 1. The zero-order chi connectivity index (χ0) is 14.7. The zero-order valence-corrected chi connectivity index (χ0v) is 12.7. The predicted molar refractivity (Wildman–Crippen MR) is 83.7 cm³/mol. The molecule has 0 saturated heterocycles. The summed E-state index contributed by atoms with van der Waals surface area (Å²) in [7, 11) is 3.77. The van der Waals surface area contributed by atoms with Crippen molar-refractivity contribution in [1.82, 2.24) is 14.9 Å². The minimum absolute atomic E-state index is 0.640. The SMILES string of the molecule is COc1cccc(C2CC(NCCc3nccn3C)C2)c1. The van der Waals surface area contributed by atoms with Gasteiger partial charge in [0.15, 0.2) is 0 Å². The summed E-state index contributed by atoms with van der Waals surface area (Å²) in [5.41, 5.74) is 1.40. The Morgan fingerprint density at radius 1 is 1.38 bits per heavy atom. The smallest absolute Gasteiger partial charge is 0.119 e. The summed E-state index contributed by atoms with van der Waals surface area (Å²) in [5, 5.41) is 3.63. The molecular weight excluding hydrogens is 262 g/mol. The van der Waals surface area contributed by atoms with Crippen molar-refractivity contribution in [3.63, 3.8) is 0 Å². The molecule has 1 aliphatic rings. The summed E-state index contributed by atoms with van der Waals surface area (Å²) < 4.78 is 7.38.